The summed E-state index contributed by atoms with van der Waals surface area (Å²) in [5, 5.41) is 4.22. The number of nitrogens with one attached hydrogen (secondary N) is 1. The molecule has 1 aliphatic heterocycles. The number of hydrogen-bond donors (Lipinski definition) is 1. The maximum absolute atomic E-state index is 6.15. The fraction of sp³-hybridized carbons (Fsp3) is 0.538. The summed E-state index contributed by atoms with van der Waals surface area (Å²) in [6.07, 6.45) is 0.788. The SMILES string of the molecule is CC1(C)CNC(C)(Cc2ccccc2Cl)O1. The molecule has 0 aliphatic carbocycles. The molecule has 0 radical (unpaired) electrons. The summed E-state index contributed by atoms with van der Waals surface area (Å²) in [7, 11) is 0. The minimum atomic E-state index is -0.311. The number of benzene rings is 1. The van der Waals surface area contributed by atoms with Crippen LogP contribution in [0.1, 0.15) is 26.3 Å². The first kappa shape index (κ1) is 11.9. The Balaban J connectivity index is 2.14. The van der Waals surface area contributed by atoms with E-state index in [4.69, 9.17) is 16.3 Å². The molecule has 3 heteroatoms. The van der Waals surface area contributed by atoms with Crippen LogP contribution in [-0.2, 0) is 11.2 Å². The van der Waals surface area contributed by atoms with Gasteiger partial charge in [-0.25, -0.2) is 0 Å². The van der Waals surface area contributed by atoms with Gasteiger partial charge in [-0.05, 0) is 32.4 Å². The topological polar surface area (TPSA) is 21.3 Å². The monoisotopic (exact) mass is 239 g/mol. The maximum atomic E-state index is 6.15. The van der Waals surface area contributed by atoms with E-state index in [0.29, 0.717) is 0 Å². The molecule has 0 aromatic heterocycles. The lowest BCUT2D eigenvalue weighted by atomic mass is 10.0. The molecule has 2 nitrogen and oxygen atoms in total. The number of ether oxygens (including phenoxy) is 1. The second-order valence-electron chi connectivity index (χ2n) is 5.21. The van der Waals surface area contributed by atoms with Crippen LogP contribution in [0.4, 0.5) is 0 Å². The molecule has 1 unspecified atom stereocenters. The van der Waals surface area contributed by atoms with E-state index in [1.54, 1.807) is 0 Å². The Morgan fingerprint density at radius 1 is 1.31 bits per heavy atom. The molecule has 1 atom stereocenters. The fourth-order valence-electron chi connectivity index (χ4n) is 2.19. The fourth-order valence-corrected chi connectivity index (χ4v) is 2.39. The highest BCUT2D eigenvalue weighted by Gasteiger charge is 2.40. The van der Waals surface area contributed by atoms with Gasteiger partial charge in [0.2, 0.25) is 0 Å². The van der Waals surface area contributed by atoms with Crippen LogP contribution in [0, 0.1) is 0 Å². The molecule has 1 aliphatic rings. The predicted molar refractivity (Wildman–Crippen MR) is 66.7 cm³/mol. The van der Waals surface area contributed by atoms with Crippen LogP contribution >= 0.6 is 11.6 Å². The van der Waals surface area contributed by atoms with Crippen LogP contribution in [0.15, 0.2) is 24.3 Å². The molecule has 0 amide bonds. The van der Waals surface area contributed by atoms with Crippen molar-refractivity contribution in [1.29, 1.82) is 0 Å². The zero-order chi connectivity index (χ0) is 11.8. The molecule has 1 fully saturated rings. The Hall–Kier alpha value is -0.570. The summed E-state index contributed by atoms with van der Waals surface area (Å²) in [5.74, 6) is 0. The van der Waals surface area contributed by atoms with E-state index in [0.717, 1.165) is 23.6 Å². The second-order valence-corrected chi connectivity index (χ2v) is 5.62. The van der Waals surface area contributed by atoms with Gasteiger partial charge in [0, 0.05) is 18.0 Å². The van der Waals surface area contributed by atoms with Crippen LogP contribution in [0.3, 0.4) is 0 Å². The zero-order valence-corrected chi connectivity index (χ0v) is 10.8. The van der Waals surface area contributed by atoms with E-state index in [9.17, 15) is 0 Å². The van der Waals surface area contributed by atoms with Crippen LogP contribution < -0.4 is 5.32 Å². The Morgan fingerprint density at radius 3 is 2.56 bits per heavy atom. The molecule has 1 aromatic carbocycles. The summed E-state index contributed by atoms with van der Waals surface area (Å²) in [6, 6.07) is 7.91. The highest BCUT2D eigenvalue weighted by Crippen LogP contribution is 2.30. The first-order valence-electron chi connectivity index (χ1n) is 5.59. The molecular formula is C13H18ClNO. The van der Waals surface area contributed by atoms with Gasteiger partial charge in [-0.15, -0.1) is 0 Å². The van der Waals surface area contributed by atoms with Gasteiger partial charge >= 0.3 is 0 Å². The van der Waals surface area contributed by atoms with Gasteiger partial charge in [0.05, 0.1) is 5.60 Å². The average molecular weight is 240 g/mol. The maximum Gasteiger partial charge on any atom is 0.121 e. The van der Waals surface area contributed by atoms with Crippen LogP contribution in [0.5, 0.6) is 0 Å². The molecule has 0 spiro atoms. The van der Waals surface area contributed by atoms with Crippen molar-refractivity contribution in [3.05, 3.63) is 34.9 Å². The van der Waals surface area contributed by atoms with Crippen molar-refractivity contribution in [1.82, 2.24) is 5.32 Å². The van der Waals surface area contributed by atoms with Crippen molar-refractivity contribution in [3.8, 4) is 0 Å². The number of hydrogen-bond acceptors (Lipinski definition) is 2. The molecule has 0 bridgehead atoms. The van der Waals surface area contributed by atoms with Crippen LogP contribution in [-0.4, -0.2) is 17.9 Å². The molecule has 1 aromatic rings. The molecular weight excluding hydrogens is 222 g/mol. The third-order valence-electron chi connectivity index (χ3n) is 2.88. The zero-order valence-electron chi connectivity index (χ0n) is 10.0. The van der Waals surface area contributed by atoms with Crippen molar-refractivity contribution in [2.75, 3.05) is 6.54 Å². The summed E-state index contributed by atoms with van der Waals surface area (Å²) >= 11 is 6.15. The third kappa shape index (κ3) is 2.57. The highest BCUT2D eigenvalue weighted by atomic mass is 35.5. The van der Waals surface area contributed by atoms with E-state index >= 15 is 0 Å². The average Bonchev–Trinajstić information content (AvgIpc) is 2.45. The number of rotatable bonds is 2. The molecule has 1 heterocycles. The van der Waals surface area contributed by atoms with Crippen molar-refractivity contribution >= 4 is 11.6 Å². The molecule has 1 saturated heterocycles. The van der Waals surface area contributed by atoms with Gasteiger partial charge in [0.25, 0.3) is 0 Å². The Morgan fingerprint density at radius 2 is 2.00 bits per heavy atom. The van der Waals surface area contributed by atoms with E-state index < -0.39 is 0 Å². The molecule has 1 N–H and O–H groups in total. The minimum Gasteiger partial charge on any atom is -0.353 e. The summed E-state index contributed by atoms with van der Waals surface area (Å²) in [4.78, 5) is 0. The minimum absolute atomic E-state index is 0.101. The highest BCUT2D eigenvalue weighted by molar-refractivity contribution is 6.31. The van der Waals surface area contributed by atoms with E-state index in [1.165, 1.54) is 0 Å². The van der Waals surface area contributed by atoms with Crippen molar-refractivity contribution in [2.45, 2.75) is 38.5 Å². The van der Waals surface area contributed by atoms with Gasteiger partial charge in [-0.3, -0.25) is 5.32 Å². The summed E-state index contributed by atoms with van der Waals surface area (Å²) < 4.78 is 6.03. The smallest absolute Gasteiger partial charge is 0.121 e. The Kier molecular flexibility index (Phi) is 2.99. The second kappa shape index (κ2) is 4.02. The van der Waals surface area contributed by atoms with Gasteiger partial charge in [0.1, 0.15) is 5.72 Å². The van der Waals surface area contributed by atoms with E-state index in [-0.39, 0.29) is 11.3 Å². The molecule has 16 heavy (non-hydrogen) atoms. The van der Waals surface area contributed by atoms with Crippen molar-refractivity contribution in [2.24, 2.45) is 0 Å². The first-order valence-corrected chi connectivity index (χ1v) is 5.97. The van der Waals surface area contributed by atoms with Crippen LogP contribution in [0.25, 0.3) is 0 Å². The molecule has 0 saturated carbocycles. The van der Waals surface area contributed by atoms with Crippen molar-refractivity contribution in [3.63, 3.8) is 0 Å². The summed E-state index contributed by atoms with van der Waals surface area (Å²) in [5.41, 5.74) is 0.710. The van der Waals surface area contributed by atoms with Gasteiger partial charge in [-0.1, -0.05) is 29.8 Å². The van der Waals surface area contributed by atoms with Gasteiger partial charge in [0.15, 0.2) is 0 Å². The van der Waals surface area contributed by atoms with Gasteiger partial charge < -0.3 is 4.74 Å². The first-order chi connectivity index (χ1) is 7.40. The largest absolute Gasteiger partial charge is 0.353 e. The lowest BCUT2D eigenvalue weighted by Crippen LogP contribution is -2.40. The molecule has 2 rings (SSSR count). The summed E-state index contributed by atoms with van der Waals surface area (Å²) in [6.45, 7) is 7.13. The van der Waals surface area contributed by atoms with Gasteiger partial charge in [-0.2, -0.15) is 0 Å². The van der Waals surface area contributed by atoms with Crippen LogP contribution in [0.2, 0.25) is 5.02 Å². The van der Waals surface area contributed by atoms with Crippen molar-refractivity contribution < 1.29 is 4.74 Å². The molecule has 88 valence electrons. The lowest BCUT2D eigenvalue weighted by molar-refractivity contribution is -0.0785. The standard InChI is InChI=1S/C13H18ClNO/c1-12(2)9-15-13(3,16-12)8-10-6-4-5-7-11(10)14/h4-7,15H,8-9H2,1-3H3. The van der Waals surface area contributed by atoms with E-state index in [2.05, 4.69) is 26.1 Å². The number of halogens is 1. The predicted octanol–water partition coefficient (Wildman–Crippen LogP) is 3.00. The Bertz CT molecular complexity index is 391. The Labute approximate surface area is 102 Å². The quantitative estimate of drug-likeness (QED) is 0.857. The van der Waals surface area contributed by atoms with E-state index in [1.807, 2.05) is 24.3 Å². The lowest BCUT2D eigenvalue weighted by Gasteiger charge is -2.27. The normalized spacial score (nSPS) is 28.2. The third-order valence-corrected chi connectivity index (χ3v) is 3.24.